The van der Waals surface area contributed by atoms with Crippen molar-refractivity contribution in [2.45, 2.75) is 25.7 Å². The fourth-order valence-corrected chi connectivity index (χ4v) is 5.14. The lowest BCUT2D eigenvalue weighted by molar-refractivity contribution is 0.380. The number of rotatable bonds is 4. The number of hydrogen-bond donors (Lipinski definition) is 0. The Bertz CT molecular complexity index is 1240. The van der Waals surface area contributed by atoms with Gasteiger partial charge in [-0.25, -0.2) is 31.8 Å². The van der Waals surface area contributed by atoms with Crippen molar-refractivity contribution >= 4 is 15.8 Å². The predicted octanol–water partition coefficient (Wildman–Crippen LogP) is 2.38. The van der Waals surface area contributed by atoms with Crippen LogP contribution in [0, 0.1) is 32.4 Å². The van der Waals surface area contributed by atoms with Crippen molar-refractivity contribution in [3.63, 3.8) is 0 Å². The Labute approximate surface area is 179 Å². The third-order valence-corrected chi connectivity index (χ3v) is 7.02. The fraction of sp³-hybridized carbons (Fsp3) is 0.350. The van der Waals surface area contributed by atoms with E-state index in [2.05, 4.69) is 15.1 Å². The van der Waals surface area contributed by atoms with E-state index >= 15 is 0 Å². The van der Waals surface area contributed by atoms with Crippen LogP contribution in [0.25, 0.3) is 5.82 Å². The summed E-state index contributed by atoms with van der Waals surface area (Å²) in [6, 6.07) is 6.19. The minimum Gasteiger partial charge on any atom is -0.354 e. The number of hydrogen-bond acceptors (Lipinski definition) is 6. The molecule has 0 spiro atoms. The molecule has 31 heavy (non-hydrogen) atoms. The van der Waals surface area contributed by atoms with E-state index in [1.165, 1.54) is 0 Å². The molecule has 1 saturated heterocycles. The van der Waals surface area contributed by atoms with Crippen molar-refractivity contribution in [3.8, 4) is 5.82 Å². The van der Waals surface area contributed by atoms with E-state index in [1.807, 2.05) is 30.9 Å². The molecule has 1 fully saturated rings. The van der Waals surface area contributed by atoms with Crippen LogP contribution in [0.3, 0.4) is 0 Å². The van der Waals surface area contributed by atoms with Crippen LogP contribution in [0.2, 0.25) is 0 Å². The van der Waals surface area contributed by atoms with Gasteiger partial charge in [-0.1, -0.05) is 0 Å². The van der Waals surface area contributed by atoms with Gasteiger partial charge in [0.15, 0.2) is 5.82 Å². The second-order valence-electron chi connectivity index (χ2n) is 7.44. The zero-order chi connectivity index (χ0) is 22.3. The van der Waals surface area contributed by atoms with E-state index in [4.69, 9.17) is 0 Å². The molecule has 0 N–H and O–H groups in total. The molecule has 1 aromatic carbocycles. The molecule has 8 nitrogen and oxygen atoms in total. The Kier molecular flexibility index (Phi) is 5.48. The normalized spacial score (nSPS) is 15.5. The number of nitrogens with zero attached hydrogens (tertiary/aromatic N) is 6. The molecule has 0 atom stereocenters. The molecule has 164 valence electrons. The van der Waals surface area contributed by atoms with Crippen LogP contribution >= 0.6 is 0 Å². The Balaban J connectivity index is 1.55. The molecular weight excluding hydrogens is 426 g/mol. The first-order valence-electron chi connectivity index (χ1n) is 9.74. The van der Waals surface area contributed by atoms with Gasteiger partial charge in [0, 0.05) is 37.9 Å². The van der Waals surface area contributed by atoms with Gasteiger partial charge in [-0.3, -0.25) is 0 Å². The summed E-state index contributed by atoms with van der Waals surface area (Å²) < 4.78 is 56.0. The first-order chi connectivity index (χ1) is 14.6. The van der Waals surface area contributed by atoms with Gasteiger partial charge in [0.1, 0.15) is 28.2 Å². The maximum Gasteiger partial charge on any atom is 0.246 e. The number of benzene rings is 1. The van der Waals surface area contributed by atoms with Crippen LogP contribution in [-0.2, 0) is 10.0 Å². The fourth-order valence-electron chi connectivity index (χ4n) is 3.64. The van der Waals surface area contributed by atoms with Crippen molar-refractivity contribution in [2.24, 2.45) is 0 Å². The molecule has 3 heterocycles. The van der Waals surface area contributed by atoms with Crippen molar-refractivity contribution in [3.05, 3.63) is 59.2 Å². The Morgan fingerprint density at radius 3 is 2.23 bits per heavy atom. The molecule has 0 saturated carbocycles. The second kappa shape index (κ2) is 7.97. The van der Waals surface area contributed by atoms with E-state index in [0.717, 1.165) is 27.8 Å². The highest BCUT2D eigenvalue weighted by molar-refractivity contribution is 7.89. The molecule has 3 aromatic rings. The Morgan fingerprint density at radius 2 is 1.58 bits per heavy atom. The summed E-state index contributed by atoms with van der Waals surface area (Å²) in [5.41, 5.74) is 1.81. The van der Waals surface area contributed by atoms with Crippen LogP contribution in [0.15, 0.2) is 35.2 Å². The van der Waals surface area contributed by atoms with Crippen molar-refractivity contribution in [1.82, 2.24) is 24.1 Å². The summed E-state index contributed by atoms with van der Waals surface area (Å²) >= 11 is 0. The highest BCUT2D eigenvalue weighted by Gasteiger charge is 2.31. The van der Waals surface area contributed by atoms with E-state index in [-0.39, 0.29) is 13.1 Å². The van der Waals surface area contributed by atoms with Crippen molar-refractivity contribution in [2.75, 3.05) is 31.1 Å². The van der Waals surface area contributed by atoms with E-state index in [9.17, 15) is 17.2 Å². The minimum absolute atomic E-state index is 0.122. The first kappa shape index (κ1) is 21.3. The molecule has 4 rings (SSSR count). The summed E-state index contributed by atoms with van der Waals surface area (Å²) in [4.78, 5) is 10.2. The average Bonchev–Trinajstić information content (AvgIpc) is 3.07. The molecule has 0 unspecified atom stereocenters. The molecule has 0 amide bonds. The molecule has 1 aliphatic heterocycles. The topological polar surface area (TPSA) is 84.2 Å². The smallest absolute Gasteiger partial charge is 0.246 e. The lowest BCUT2D eigenvalue weighted by atomic mass is 10.3. The van der Waals surface area contributed by atoms with Gasteiger partial charge in [-0.15, -0.1) is 0 Å². The van der Waals surface area contributed by atoms with Gasteiger partial charge in [0.2, 0.25) is 10.0 Å². The van der Waals surface area contributed by atoms with Crippen LogP contribution in [0.1, 0.15) is 17.2 Å². The van der Waals surface area contributed by atoms with Gasteiger partial charge in [-0.05, 0) is 45.0 Å². The van der Waals surface area contributed by atoms with Gasteiger partial charge >= 0.3 is 0 Å². The standard InChI is InChI=1S/C20H22F2N6O2S/c1-13-10-14(2)28(25-13)20-12-19(23-15(3)24-20)26-6-8-27(9-7-26)31(29,30)18-11-16(21)4-5-17(18)22/h4-5,10-12H,6-9H2,1-3H3. The maximum absolute atomic E-state index is 14.0. The van der Waals surface area contributed by atoms with E-state index < -0.39 is 26.6 Å². The zero-order valence-corrected chi connectivity index (χ0v) is 18.2. The number of aromatic nitrogens is 4. The largest absolute Gasteiger partial charge is 0.354 e. The van der Waals surface area contributed by atoms with Crippen molar-refractivity contribution in [1.29, 1.82) is 0 Å². The number of halogens is 2. The van der Waals surface area contributed by atoms with Gasteiger partial charge in [-0.2, -0.15) is 9.40 Å². The lowest BCUT2D eigenvalue weighted by Crippen LogP contribution is -2.49. The Hall–Kier alpha value is -2.92. The van der Waals surface area contributed by atoms with E-state index in [1.54, 1.807) is 11.6 Å². The van der Waals surface area contributed by atoms with E-state index in [0.29, 0.717) is 36.6 Å². The third kappa shape index (κ3) is 4.15. The van der Waals surface area contributed by atoms with Crippen LogP contribution in [-0.4, -0.2) is 58.7 Å². The average molecular weight is 448 g/mol. The highest BCUT2D eigenvalue weighted by atomic mass is 32.2. The summed E-state index contributed by atoms with van der Waals surface area (Å²) in [5, 5.41) is 4.46. The second-order valence-corrected chi connectivity index (χ2v) is 9.34. The van der Waals surface area contributed by atoms with Crippen molar-refractivity contribution < 1.29 is 17.2 Å². The zero-order valence-electron chi connectivity index (χ0n) is 17.4. The van der Waals surface area contributed by atoms with Crippen LogP contribution < -0.4 is 4.90 Å². The molecule has 2 aromatic heterocycles. The monoisotopic (exact) mass is 448 g/mol. The summed E-state index contributed by atoms with van der Waals surface area (Å²) in [5.74, 6) is 0.0856. The molecule has 0 radical (unpaired) electrons. The molecule has 11 heteroatoms. The van der Waals surface area contributed by atoms with Gasteiger partial charge in [0.05, 0.1) is 5.69 Å². The van der Waals surface area contributed by atoms with Gasteiger partial charge in [0.25, 0.3) is 0 Å². The highest BCUT2D eigenvalue weighted by Crippen LogP contribution is 2.24. The van der Waals surface area contributed by atoms with Crippen LogP contribution in [0.5, 0.6) is 0 Å². The summed E-state index contributed by atoms with van der Waals surface area (Å²) in [7, 11) is -4.14. The quantitative estimate of drug-likeness (QED) is 0.609. The SMILES string of the molecule is Cc1cc(C)n(-c2cc(N3CCN(S(=O)(=O)c4cc(F)ccc4F)CC3)nc(C)n2)n1. The third-order valence-electron chi connectivity index (χ3n) is 5.11. The van der Waals surface area contributed by atoms with Crippen LogP contribution in [0.4, 0.5) is 14.6 Å². The summed E-state index contributed by atoms with van der Waals surface area (Å²) in [6.07, 6.45) is 0. The molecule has 0 aliphatic carbocycles. The predicted molar refractivity (Wildman–Crippen MR) is 111 cm³/mol. The number of anilines is 1. The molecule has 0 bridgehead atoms. The minimum atomic E-state index is -4.14. The molecule has 1 aliphatic rings. The first-order valence-corrected chi connectivity index (χ1v) is 11.2. The maximum atomic E-state index is 14.0. The number of aryl methyl sites for hydroxylation is 3. The summed E-state index contributed by atoms with van der Waals surface area (Å²) in [6.45, 7) is 6.57. The number of piperazine rings is 1. The lowest BCUT2D eigenvalue weighted by Gasteiger charge is -2.34. The Morgan fingerprint density at radius 1 is 0.903 bits per heavy atom. The van der Waals surface area contributed by atoms with Gasteiger partial charge < -0.3 is 4.90 Å². The number of sulfonamides is 1. The molecular formula is C20H22F2N6O2S.